The topological polar surface area (TPSA) is 212 Å². The summed E-state index contributed by atoms with van der Waals surface area (Å²) in [6, 6.07) is 0. The van der Waals surface area contributed by atoms with E-state index in [0.717, 1.165) is 6.42 Å². The Morgan fingerprint density at radius 3 is 0.886 bits per heavy atom. The molecule has 70 heavy (non-hydrogen) atoms. The largest absolute Gasteiger partial charge is 0.384 e. The first-order valence-electron chi connectivity index (χ1n) is 22.5. The quantitative estimate of drug-likeness (QED) is 0.0487. The highest BCUT2D eigenvalue weighted by Gasteiger charge is 2.36. The molecule has 1 atom stereocenters. The van der Waals surface area contributed by atoms with Crippen LogP contribution < -0.4 is 0 Å². The zero-order valence-corrected chi connectivity index (χ0v) is 48.0. The van der Waals surface area contributed by atoms with Gasteiger partial charge in [-0.2, -0.15) is 0 Å². The maximum Gasteiger partial charge on any atom is 0.137 e. The highest BCUT2D eigenvalue weighted by molar-refractivity contribution is 4.83. The lowest BCUT2D eigenvalue weighted by Crippen LogP contribution is -2.45. The zero-order chi connectivity index (χ0) is 54.9. The molecule has 432 valence electrons. The van der Waals surface area contributed by atoms with Gasteiger partial charge in [-0.1, -0.05) is 6.92 Å². The van der Waals surface area contributed by atoms with Gasteiger partial charge in [0.15, 0.2) is 0 Å². The SMILES string of the molecule is CCC(COC)(COC)OC.COCC(C)OOC.COCC(COC)(COC)COCC(COC)(COC)COC.COCC(COC)(COC)OC.COCC(COC)OC.COCCOOC. The molecule has 0 radical (unpaired) electrons. The molecular weight excluding hydrogens is 932 g/mol. The summed E-state index contributed by atoms with van der Waals surface area (Å²) in [5.41, 5.74) is -1.43. The van der Waals surface area contributed by atoms with Crippen LogP contribution in [0.25, 0.3) is 0 Å². The molecule has 0 aliphatic rings. The minimum absolute atomic E-state index is 0.0185. The second kappa shape index (κ2) is 60.6. The third-order valence-electron chi connectivity index (χ3n) is 9.26. The van der Waals surface area contributed by atoms with Crippen molar-refractivity contribution in [3.05, 3.63) is 0 Å². The van der Waals surface area contributed by atoms with E-state index in [-0.39, 0.29) is 28.6 Å². The van der Waals surface area contributed by atoms with Gasteiger partial charge >= 0.3 is 0 Å². The monoisotopic (exact) mass is 1040 g/mol. The molecule has 0 rings (SSSR count). The second-order valence-corrected chi connectivity index (χ2v) is 15.7. The molecule has 23 nitrogen and oxygen atoms in total. The maximum atomic E-state index is 6.00. The van der Waals surface area contributed by atoms with Crippen LogP contribution in [0.4, 0.5) is 0 Å². The van der Waals surface area contributed by atoms with E-state index >= 15 is 0 Å². The third-order valence-corrected chi connectivity index (χ3v) is 9.26. The summed E-state index contributed by atoms with van der Waals surface area (Å²) in [5, 5.41) is 0. The van der Waals surface area contributed by atoms with E-state index in [9.17, 15) is 0 Å². The van der Waals surface area contributed by atoms with Gasteiger partial charge in [0.1, 0.15) is 30.0 Å². The van der Waals surface area contributed by atoms with Crippen molar-refractivity contribution in [2.75, 3.05) is 261 Å². The van der Waals surface area contributed by atoms with Gasteiger partial charge in [-0.05, 0) is 13.3 Å². The fourth-order valence-electron chi connectivity index (χ4n) is 6.13. The molecule has 0 saturated carbocycles. The molecule has 0 aliphatic carbocycles. The Hall–Kier alpha value is -0.920. The smallest absolute Gasteiger partial charge is 0.137 e. The van der Waals surface area contributed by atoms with Crippen LogP contribution in [0.3, 0.4) is 0 Å². The van der Waals surface area contributed by atoms with Crippen molar-refractivity contribution in [2.24, 2.45) is 10.8 Å². The normalized spacial score (nSPS) is 12.0. The molecule has 0 aromatic rings. The minimum atomic E-state index is -0.474. The molecule has 0 saturated heterocycles. The molecule has 0 fully saturated rings. The average molecular weight is 1040 g/mol. The molecule has 0 heterocycles. The van der Waals surface area contributed by atoms with Crippen molar-refractivity contribution in [3.8, 4) is 0 Å². The first-order chi connectivity index (χ1) is 33.6. The van der Waals surface area contributed by atoms with Crippen molar-refractivity contribution >= 4 is 0 Å². The van der Waals surface area contributed by atoms with Gasteiger partial charge in [0.25, 0.3) is 0 Å². The van der Waals surface area contributed by atoms with E-state index in [4.69, 9.17) is 85.3 Å². The number of ether oxygens (including phenoxy) is 19. The Balaban J connectivity index is -0.000000187. The number of hydrogen-bond donors (Lipinski definition) is 0. The lowest BCUT2D eigenvalue weighted by molar-refractivity contribution is -0.306. The first-order valence-corrected chi connectivity index (χ1v) is 22.5. The standard InChI is InChI=1S/C16H34O7.C8H18O4.C8H18O3.C6H14O3.C5H12O3.C4H10O3/c1-17-7-15(8-18-2,9-19-3)13-23-14-16(10-20-4,11-21-5)12-22-6;1-9-5-8(12-4,6-10-2)7-11-3;1-5-8(11-4,6-9-2)7-10-3;1-7-4-6(9-3)5-8-2;1-5(4-6-2)8-7-3;1-5-3-4-7-6-2/h7-14H2,1-6H3;5-7H2,1-4H3;5-7H2,1-4H3;6H,4-5H2,1-3H3;5H,4H2,1-3H3;3-4H2,1-2H3. The molecule has 0 aliphatic heterocycles. The highest BCUT2D eigenvalue weighted by atomic mass is 17.2. The molecular formula is C47H106O23. The van der Waals surface area contributed by atoms with Gasteiger partial charge in [0.05, 0.1) is 137 Å². The van der Waals surface area contributed by atoms with E-state index in [1.807, 2.05) is 6.92 Å². The third kappa shape index (κ3) is 48.0. The molecule has 23 heteroatoms. The fourth-order valence-corrected chi connectivity index (χ4v) is 6.13. The predicted octanol–water partition coefficient (Wildman–Crippen LogP) is 3.34. The Morgan fingerprint density at radius 1 is 0.329 bits per heavy atom. The van der Waals surface area contributed by atoms with Gasteiger partial charge in [-0.3, -0.25) is 0 Å². The number of methoxy groups -OCH3 is 18. The number of rotatable bonds is 42. The van der Waals surface area contributed by atoms with Crippen molar-refractivity contribution < 1.29 is 110 Å². The van der Waals surface area contributed by atoms with Gasteiger partial charge in [0.2, 0.25) is 0 Å². The summed E-state index contributed by atoms with van der Waals surface area (Å²) < 4.78 is 97.7. The van der Waals surface area contributed by atoms with Crippen LogP contribution in [0.15, 0.2) is 0 Å². The molecule has 0 amide bonds. The molecule has 0 aromatic carbocycles. The van der Waals surface area contributed by atoms with E-state index < -0.39 is 5.60 Å². The lowest BCUT2D eigenvalue weighted by atomic mass is 9.90. The van der Waals surface area contributed by atoms with E-state index in [0.29, 0.717) is 119 Å². The maximum absolute atomic E-state index is 6.00. The Labute approximate surface area is 424 Å². The van der Waals surface area contributed by atoms with Crippen molar-refractivity contribution in [3.63, 3.8) is 0 Å². The van der Waals surface area contributed by atoms with Gasteiger partial charge < -0.3 is 90.0 Å². The van der Waals surface area contributed by atoms with Crippen LogP contribution in [0, 0.1) is 10.8 Å². The summed E-state index contributed by atoms with van der Waals surface area (Å²) in [7, 11) is 32.6. The molecule has 0 bridgehead atoms. The second-order valence-electron chi connectivity index (χ2n) is 15.7. The summed E-state index contributed by atoms with van der Waals surface area (Å²) in [5.74, 6) is 0. The lowest BCUT2D eigenvalue weighted by Gasteiger charge is -2.35. The van der Waals surface area contributed by atoms with Crippen LogP contribution in [0.2, 0.25) is 0 Å². The van der Waals surface area contributed by atoms with Gasteiger partial charge in [-0.25, -0.2) is 19.6 Å². The van der Waals surface area contributed by atoms with E-state index in [1.54, 1.807) is 128 Å². The van der Waals surface area contributed by atoms with Gasteiger partial charge in [0, 0.05) is 128 Å². The van der Waals surface area contributed by atoms with Crippen LogP contribution in [0.5, 0.6) is 0 Å². The van der Waals surface area contributed by atoms with Crippen LogP contribution in [-0.2, 0) is 110 Å². The Kier molecular flexibility index (Phi) is 69.7. The van der Waals surface area contributed by atoms with Crippen molar-refractivity contribution in [1.29, 1.82) is 0 Å². The van der Waals surface area contributed by atoms with Crippen LogP contribution >= 0.6 is 0 Å². The summed E-state index contributed by atoms with van der Waals surface area (Å²) in [4.78, 5) is 17.7. The van der Waals surface area contributed by atoms with Crippen LogP contribution in [0.1, 0.15) is 20.3 Å². The predicted molar refractivity (Wildman–Crippen MR) is 265 cm³/mol. The average Bonchev–Trinajstić information content (AvgIpc) is 3.33. The summed E-state index contributed by atoms with van der Waals surface area (Å²) in [6.45, 7) is 13.1. The molecule has 1 unspecified atom stereocenters. The Bertz CT molecular complexity index is 839. The van der Waals surface area contributed by atoms with Crippen molar-refractivity contribution in [1.82, 2.24) is 0 Å². The summed E-state index contributed by atoms with van der Waals surface area (Å²) in [6.07, 6.45) is 0.982. The summed E-state index contributed by atoms with van der Waals surface area (Å²) >= 11 is 0. The number of hydrogen-bond acceptors (Lipinski definition) is 23. The minimum Gasteiger partial charge on any atom is -0.384 e. The van der Waals surface area contributed by atoms with E-state index in [2.05, 4.69) is 31.2 Å². The van der Waals surface area contributed by atoms with Crippen LogP contribution in [-0.4, -0.2) is 285 Å². The zero-order valence-electron chi connectivity index (χ0n) is 48.0. The fraction of sp³-hybridized carbons (Fsp3) is 1.00. The molecule has 0 spiro atoms. The highest BCUT2D eigenvalue weighted by Crippen LogP contribution is 2.24. The van der Waals surface area contributed by atoms with E-state index in [1.165, 1.54) is 14.2 Å². The first kappa shape index (κ1) is 80.5. The van der Waals surface area contributed by atoms with Gasteiger partial charge in [-0.15, -0.1) is 0 Å². The van der Waals surface area contributed by atoms with Crippen molar-refractivity contribution in [2.45, 2.75) is 43.7 Å². The molecule has 0 aromatic heterocycles. The molecule has 0 N–H and O–H groups in total. The Morgan fingerprint density at radius 2 is 0.657 bits per heavy atom.